The lowest BCUT2D eigenvalue weighted by molar-refractivity contribution is -0.141. The highest BCUT2D eigenvalue weighted by atomic mass is 16.4. The molecule has 0 unspecified atom stereocenters. The molecule has 3 atom stereocenters. The third kappa shape index (κ3) is 2.55. The summed E-state index contributed by atoms with van der Waals surface area (Å²) >= 11 is 0. The second-order valence-electron chi connectivity index (χ2n) is 6.28. The molecule has 1 aromatic rings. The van der Waals surface area contributed by atoms with E-state index in [-0.39, 0.29) is 11.9 Å². The van der Waals surface area contributed by atoms with Crippen LogP contribution in [0.25, 0.3) is 0 Å². The fourth-order valence-corrected chi connectivity index (χ4v) is 3.90. The Balaban J connectivity index is 1.92. The van der Waals surface area contributed by atoms with Gasteiger partial charge in [0.05, 0.1) is 0 Å². The minimum atomic E-state index is -0.870. The maximum Gasteiger partial charge on any atom is 0.326 e. The van der Waals surface area contributed by atoms with Crippen molar-refractivity contribution in [3.63, 3.8) is 0 Å². The summed E-state index contributed by atoms with van der Waals surface area (Å²) in [7, 11) is 0. The molecule has 1 heterocycles. The van der Waals surface area contributed by atoms with Crippen molar-refractivity contribution in [2.24, 2.45) is 5.92 Å². The molecule has 1 aliphatic carbocycles. The Hall–Kier alpha value is -1.84. The second kappa shape index (κ2) is 5.51. The number of carboxylic acids is 1. The lowest BCUT2D eigenvalue weighted by Gasteiger charge is -2.33. The lowest BCUT2D eigenvalue weighted by Crippen LogP contribution is -2.46. The minimum Gasteiger partial charge on any atom is -0.480 e. The van der Waals surface area contributed by atoms with Gasteiger partial charge >= 0.3 is 5.97 Å². The van der Waals surface area contributed by atoms with E-state index in [1.54, 1.807) is 11.0 Å². The predicted octanol–water partition coefficient (Wildman–Crippen LogP) is 2.85. The minimum absolute atomic E-state index is 0.105. The summed E-state index contributed by atoms with van der Waals surface area (Å²) in [6, 6.07) is 6.87. The Bertz CT molecular complexity index is 569. The van der Waals surface area contributed by atoms with Crippen LogP contribution in [0.4, 0.5) is 0 Å². The van der Waals surface area contributed by atoms with Gasteiger partial charge in [-0.3, -0.25) is 4.79 Å². The van der Waals surface area contributed by atoms with Crippen LogP contribution in [0.2, 0.25) is 0 Å². The highest BCUT2D eigenvalue weighted by Gasteiger charge is 2.47. The van der Waals surface area contributed by atoms with Gasteiger partial charge in [-0.25, -0.2) is 4.79 Å². The number of rotatable bonds is 2. The van der Waals surface area contributed by atoms with Crippen LogP contribution in [0.15, 0.2) is 24.3 Å². The number of carbonyl (C=O) groups excluding carboxylic acids is 1. The van der Waals surface area contributed by atoms with Gasteiger partial charge in [0, 0.05) is 11.6 Å². The first-order chi connectivity index (χ1) is 10.1. The third-order valence-corrected chi connectivity index (χ3v) is 4.87. The topological polar surface area (TPSA) is 57.6 Å². The summed E-state index contributed by atoms with van der Waals surface area (Å²) < 4.78 is 0. The number of carboxylic acid groups (broad SMARTS) is 1. The maximum atomic E-state index is 12.8. The van der Waals surface area contributed by atoms with Crippen LogP contribution in [0.1, 0.15) is 48.0 Å². The van der Waals surface area contributed by atoms with Crippen LogP contribution in [0.5, 0.6) is 0 Å². The molecule has 21 heavy (non-hydrogen) atoms. The van der Waals surface area contributed by atoms with Gasteiger partial charge in [0.15, 0.2) is 0 Å². The first-order valence-corrected chi connectivity index (χ1v) is 7.70. The van der Waals surface area contributed by atoms with Gasteiger partial charge in [0.1, 0.15) is 6.04 Å². The average Bonchev–Trinajstić information content (AvgIpc) is 2.86. The van der Waals surface area contributed by atoms with E-state index in [1.165, 1.54) is 0 Å². The van der Waals surface area contributed by atoms with Crippen molar-refractivity contribution in [2.75, 3.05) is 0 Å². The van der Waals surface area contributed by atoms with E-state index in [2.05, 4.69) is 0 Å². The first kappa shape index (κ1) is 14.1. The molecule has 1 aromatic carbocycles. The van der Waals surface area contributed by atoms with E-state index in [1.807, 2.05) is 25.1 Å². The van der Waals surface area contributed by atoms with E-state index < -0.39 is 12.0 Å². The smallest absolute Gasteiger partial charge is 0.326 e. The van der Waals surface area contributed by atoms with Crippen molar-refractivity contribution in [2.45, 2.75) is 51.1 Å². The number of aliphatic carboxylic acids is 1. The fourth-order valence-electron chi connectivity index (χ4n) is 3.90. The summed E-state index contributed by atoms with van der Waals surface area (Å²) in [5.74, 6) is -0.639. The highest BCUT2D eigenvalue weighted by molar-refractivity contribution is 5.97. The van der Waals surface area contributed by atoms with Crippen molar-refractivity contribution in [1.82, 2.24) is 4.90 Å². The molecule has 1 amide bonds. The zero-order valence-corrected chi connectivity index (χ0v) is 12.3. The molecular weight excluding hydrogens is 266 g/mol. The normalized spacial score (nSPS) is 28.2. The zero-order chi connectivity index (χ0) is 15.0. The number of fused-ring (bicyclic) bond motifs is 1. The van der Waals surface area contributed by atoms with Crippen LogP contribution in [0, 0.1) is 12.8 Å². The maximum absolute atomic E-state index is 12.8. The number of carbonyl (C=O) groups is 2. The van der Waals surface area contributed by atoms with Gasteiger partial charge in [-0.1, -0.05) is 30.5 Å². The number of likely N-dealkylation sites (tertiary alicyclic amines) is 1. The second-order valence-corrected chi connectivity index (χ2v) is 6.28. The Morgan fingerprint density at radius 1 is 1.24 bits per heavy atom. The summed E-state index contributed by atoms with van der Waals surface area (Å²) in [5.41, 5.74) is 1.62. The third-order valence-electron chi connectivity index (χ3n) is 4.87. The zero-order valence-electron chi connectivity index (χ0n) is 12.3. The Labute approximate surface area is 124 Å². The number of aryl methyl sites for hydroxylation is 1. The number of hydrogen-bond acceptors (Lipinski definition) is 2. The molecule has 2 aliphatic rings. The number of benzene rings is 1. The molecule has 4 nitrogen and oxygen atoms in total. The van der Waals surface area contributed by atoms with Crippen LogP contribution in [-0.2, 0) is 4.79 Å². The quantitative estimate of drug-likeness (QED) is 0.910. The standard InChI is InChI=1S/C17H21NO3/c1-11-5-4-7-13(9-11)16(19)18-14-8-3-2-6-12(14)10-15(18)17(20)21/h4-5,7,9,12,14-15H,2-3,6,8,10H2,1H3,(H,20,21)/t12-,14-,15+/m0/s1. The van der Waals surface area contributed by atoms with Gasteiger partial charge in [-0.15, -0.1) is 0 Å². The monoisotopic (exact) mass is 287 g/mol. The Kier molecular flexibility index (Phi) is 3.70. The van der Waals surface area contributed by atoms with E-state index in [4.69, 9.17) is 0 Å². The predicted molar refractivity (Wildman–Crippen MR) is 79.1 cm³/mol. The first-order valence-electron chi connectivity index (χ1n) is 7.70. The van der Waals surface area contributed by atoms with Gasteiger partial charge in [-0.2, -0.15) is 0 Å². The van der Waals surface area contributed by atoms with Crippen molar-refractivity contribution in [3.05, 3.63) is 35.4 Å². The molecule has 2 fully saturated rings. The molecule has 1 saturated carbocycles. The van der Waals surface area contributed by atoms with Crippen molar-refractivity contribution in [1.29, 1.82) is 0 Å². The van der Waals surface area contributed by atoms with E-state index >= 15 is 0 Å². The summed E-state index contributed by atoms with van der Waals surface area (Å²) in [6.07, 6.45) is 4.83. The number of hydrogen-bond donors (Lipinski definition) is 1. The van der Waals surface area contributed by atoms with Crippen LogP contribution in [-0.4, -0.2) is 34.0 Å². The van der Waals surface area contributed by atoms with Crippen LogP contribution in [0.3, 0.4) is 0 Å². The van der Waals surface area contributed by atoms with Gasteiger partial charge in [0.2, 0.25) is 0 Å². The van der Waals surface area contributed by atoms with Gasteiger partial charge < -0.3 is 10.0 Å². The van der Waals surface area contributed by atoms with Gasteiger partial charge in [0.25, 0.3) is 5.91 Å². The van der Waals surface area contributed by atoms with Crippen molar-refractivity contribution in [3.8, 4) is 0 Å². The van der Waals surface area contributed by atoms with Crippen LogP contribution >= 0.6 is 0 Å². The average molecular weight is 287 g/mol. The number of nitrogens with zero attached hydrogens (tertiary/aromatic N) is 1. The Morgan fingerprint density at radius 2 is 2.00 bits per heavy atom. The molecule has 0 spiro atoms. The summed E-state index contributed by atoms with van der Waals surface area (Å²) in [5, 5.41) is 9.49. The summed E-state index contributed by atoms with van der Waals surface area (Å²) in [6.45, 7) is 1.94. The Morgan fingerprint density at radius 3 is 2.71 bits per heavy atom. The molecule has 3 rings (SSSR count). The lowest BCUT2D eigenvalue weighted by atomic mass is 9.84. The molecule has 112 valence electrons. The molecule has 1 saturated heterocycles. The van der Waals surface area contributed by atoms with E-state index in [0.717, 1.165) is 31.2 Å². The molecule has 1 N–H and O–H groups in total. The molecule has 4 heteroatoms. The van der Waals surface area contributed by atoms with Gasteiger partial charge in [-0.05, 0) is 44.2 Å². The summed E-state index contributed by atoms with van der Waals surface area (Å²) in [4.78, 5) is 26.0. The molecule has 0 bridgehead atoms. The molecule has 1 aliphatic heterocycles. The molecule has 0 aromatic heterocycles. The van der Waals surface area contributed by atoms with Crippen molar-refractivity contribution >= 4 is 11.9 Å². The molecular formula is C17H21NO3. The van der Waals surface area contributed by atoms with E-state index in [0.29, 0.717) is 17.9 Å². The largest absolute Gasteiger partial charge is 0.480 e. The number of amides is 1. The van der Waals surface area contributed by atoms with Crippen LogP contribution < -0.4 is 0 Å². The van der Waals surface area contributed by atoms with E-state index in [9.17, 15) is 14.7 Å². The highest BCUT2D eigenvalue weighted by Crippen LogP contribution is 2.40. The fraction of sp³-hybridized carbons (Fsp3) is 0.529. The SMILES string of the molecule is Cc1cccc(C(=O)N2[C@@H](C(=O)O)C[C@@H]3CCCC[C@@H]32)c1. The van der Waals surface area contributed by atoms with Crippen molar-refractivity contribution < 1.29 is 14.7 Å². The molecule has 0 radical (unpaired) electrons.